The first-order valence-electron chi connectivity index (χ1n) is 6.07. The summed E-state index contributed by atoms with van der Waals surface area (Å²) in [6, 6.07) is 22.6. The van der Waals surface area contributed by atoms with Gasteiger partial charge in [-0.25, -0.2) is 0 Å². The third-order valence-corrected chi connectivity index (χ3v) is 2.75. The summed E-state index contributed by atoms with van der Waals surface area (Å²) in [5.74, 6) is 1.65. The number of pyridine rings is 1. The number of benzene rings is 2. The van der Waals surface area contributed by atoms with E-state index < -0.39 is 0 Å². The van der Waals surface area contributed by atoms with Crippen LogP contribution in [0.1, 0.15) is 0 Å². The summed E-state index contributed by atoms with van der Waals surface area (Å²) < 4.78 is 5.74. The van der Waals surface area contributed by atoms with Crippen LogP contribution >= 0.6 is 0 Å². The van der Waals surface area contributed by atoms with Crippen LogP contribution in [0, 0.1) is 6.07 Å². The maximum absolute atomic E-state index is 5.74. The fourth-order valence-corrected chi connectivity index (χ4v) is 1.81. The average Bonchev–Trinajstić information content (AvgIpc) is 2.50. The van der Waals surface area contributed by atoms with E-state index >= 15 is 0 Å². The van der Waals surface area contributed by atoms with Crippen LogP contribution in [0.3, 0.4) is 0 Å². The number of rotatable bonds is 3. The molecule has 1 aromatic heterocycles. The molecule has 0 fully saturated rings. The van der Waals surface area contributed by atoms with Crippen molar-refractivity contribution in [1.29, 1.82) is 0 Å². The SMILES string of the molecule is [c]1ccncc1-c1ccc(Oc2ccccc2)cc1. The molecule has 19 heavy (non-hydrogen) atoms. The van der Waals surface area contributed by atoms with Crippen LogP contribution in [0.4, 0.5) is 0 Å². The minimum absolute atomic E-state index is 0.818. The monoisotopic (exact) mass is 246 g/mol. The van der Waals surface area contributed by atoms with E-state index in [0.29, 0.717) is 0 Å². The lowest BCUT2D eigenvalue weighted by Gasteiger charge is -2.06. The van der Waals surface area contributed by atoms with E-state index in [2.05, 4.69) is 11.1 Å². The van der Waals surface area contributed by atoms with Gasteiger partial charge in [-0.2, -0.15) is 0 Å². The maximum Gasteiger partial charge on any atom is 0.127 e. The van der Waals surface area contributed by atoms with Crippen LogP contribution in [-0.4, -0.2) is 4.98 Å². The Labute approximate surface area is 112 Å². The van der Waals surface area contributed by atoms with Crippen molar-refractivity contribution in [2.75, 3.05) is 0 Å². The Morgan fingerprint density at radius 3 is 2.26 bits per heavy atom. The van der Waals surface area contributed by atoms with Crippen LogP contribution in [0.5, 0.6) is 11.5 Å². The first kappa shape index (κ1) is 11.5. The topological polar surface area (TPSA) is 22.1 Å². The average molecular weight is 246 g/mol. The Kier molecular flexibility index (Phi) is 3.24. The quantitative estimate of drug-likeness (QED) is 0.685. The highest BCUT2D eigenvalue weighted by Crippen LogP contribution is 2.24. The predicted molar refractivity (Wildman–Crippen MR) is 75.0 cm³/mol. The zero-order valence-electron chi connectivity index (χ0n) is 10.3. The summed E-state index contributed by atoms with van der Waals surface area (Å²) in [4.78, 5) is 4.09. The van der Waals surface area contributed by atoms with Crippen molar-refractivity contribution in [2.24, 2.45) is 0 Å². The Bertz CT molecular complexity index is 633. The summed E-state index contributed by atoms with van der Waals surface area (Å²) in [7, 11) is 0. The molecule has 91 valence electrons. The largest absolute Gasteiger partial charge is 0.457 e. The van der Waals surface area contributed by atoms with Crippen LogP contribution in [0.25, 0.3) is 11.1 Å². The summed E-state index contributed by atoms with van der Waals surface area (Å²) in [5, 5.41) is 0. The highest BCUT2D eigenvalue weighted by molar-refractivity contribution is 5.62. The number of aromatic nitrogens is 1. The van der Waals surface area contributed by atoms with Gasteiger partial charge in [0.1, 0.15) is 11.5 Å². The Balaban J connectivity index is 1.80. The second-order valence-electron chi connectivity index (χ2n) is 4.09. The van der Waals surface area contributed by atoms with Crippen LogP contribution in [0.2, 0.25) is 0 Å². The van der Waals surface area contributed by atoms with Gasteiger partial charge < -0.3 is 4.74 Å². The van der Waals surface area contributed by atoms with Crippen molar-refractivity contribution in [3.63, 3.8) is 0 Å². The zero-order chi connectivity index (χ0) is 12.9. The van der Waals surface area contributed by atoms with E-state index in [9.17, 15) is 0 Å². The fraction of sp³-hybridized carbons (Fsp3) is 0. The van der Waals surface area contributed by atoms with Crippen LogP contribution in [-0.2, 0) is 0 Å². The van der Waals surface area contributed by atoms with Gasteiger partial charge in [-0.3, -0.25) is 4.98 Å². The number of para-hydroxylation sites is 1. The molecule has 0 aliphatic carbocycles. The summed E-state index contributed by atoms with van der Waals surface area (Å²) in [6.45, 7) is 0. The lowest BCUT2D eigenvalue weighted by atomic mass is 10.1. The number of hydrogen-bond donors (Lipinski definition) is 0. The molecule has 0 bridgehead atoms. The first-order chi connectivity index (χ1) is 9.42. The van der Waals surface area contributed by atoms with E-state index in [1.165, 1.54) is 0 Å². The summed E-state index contributed by atoms with van der Waals surface area (Å²) >= 11 is 0. The zero-order valence-corrected chi connectivity index (χ0v) is 10.3. The summed E-state index contributed by atoms with van der Waals surface area (Å²) in [6.07, 6.45) is 3.52. The summed E-state index contributed by atoms with van der Waals surface area (Å²) in [5.41, 5.74) is 2.06. The molecule has 0 aliphatic rings. The fourth-order valence-electron chi connectivity index (χ4n) is 1.81. The Hall–Kier alpha value is -2.61. The minimum Gasteiger partial charge on any atom is -0.457 e. The van der Waals surface area contributed by atoms with Gasteiger partial charge in [0, 0.05) is 18.0 Å². The normalized spacial score (nSPS) is 10.1. The van der Waals surface area contributed by atoms with Crippen molar-refractivity contribution in [2.45, 2.75) is 0 Å². The molecule has 0 atom stereocenters. The lowest BCUT2D eigenvalue weighted by Crippen LogP contribution is -1.84. The second kappa shape index (κ2) is 5.36. The molecule has 0 spiro atoms. The highest BCUT2D eigenvalue weighted by atomic mass is 16.5. The van der Waals surface area contributed by atoms with Crippen molar-refractivity contribution in [3.05, 3.63) is 79.1 Å². The molecule has 3 aromatic rings. The van der Waals surface area contributed by atoms with Gasteiger partial charge in [0.05, 0.1) is 0 Å². The van der Waals surface area contributed by atoms with E-state index in [1.54, 1.807) is 12.4 Å². The standard InChI is InChI=1S/C17H12NO/c1-2-6-16(7-3-1)19-17-10-8-14(9-11-17)15-5-4-12-18-13-15/h1-4,6-13H. The lowest BCUT2D eigenvalue weighted by molar-refractivity contribution is 0.483. The molecule has 3 rings (SSSR count). The molecule has 0 saturated heterocycles. The molecule has 2 nitrogen and oxygen atoms in total. The van der Waals surface area contributed by atoms with Crippen LogP contribution < -0.4 is 4.74 Å². The maximum atomic E-state index is 5.74. The smallest absolute Gasteiger partial charge is 0.127 e. The number of nitrogens with zero attached hydrogens (tertiary/aromatic N) is 1. The third kappa shape index (κ3) is 2.80. The molecule has 2 heteroatoms. The van der Waals surface area contributed by atoms with Gasteiger partial charge in [0.25, 0.3) is 0 Å². The van der Waals surface area contributed by atoms with Gasteiger partial charge in [-0.05, 0) is 42.0 Å². The molecule has 0 unspecified atom stereocenters. The number of ether oxygens (including phenoxy) is 1. The van der Waals surface area contributed by atoms with E-state index in [1.807, 2.05) is 60.7 Å². The van der Waals surface area contributed by atoms with Gasteiger partial charge in [-0.1, -0.05) is 30.3 Å². The van der Waals surface area contributed by atoms with Crippen molar-refractivity contribution < 1.29 is 4.74 Å². The molecule has 0 aliphatic heterocycles. The van der Waals surface area contributed by atoms with Gasteiger partial charge in [0.15, 0.2) is 0 Å². The first-order valence-corrected chi connectivity index (χ1v) is 6.07. The molecule has 1 heterocycles. The number of hydrogen-bond acceptors (Lipinski definition) is 2. The van der Waals surface area contributed by atoms with Crippen molar-refractivity contribution in [1.82, 2.24) is 4.98 Å². The minimum atomic E-state index is 0.818. The molecular weight excluding hydrogens is 234 g/mol. The van der Waals surface area contributed by atoms with Crippen molar-refractivity contribution in [3.8, 4) is 22.6 Å². The Morgan fingerprint density at radius 2 is 1.58 bits per heavy atom. The Morgan fingerprint density at radius 1 is 0.842 bits per heavy atom. The highest BCUT2D eigenvalue weighted by Gasteiger charge is 1.99. The van der Waals surface area contributed by atoms with Gasteiger partial charge >= 0.3 is 0 Å². The molecule has 1 radical (unpaired) electrons. The van der Waals surface area contributed by atoms with E-state index in [0.717, 1.165) is 22.6 Å². The predicted octanol–water partition coefficient (Wildman–Crippen LogP) is 4.34. The molecule has 2 aromatic carbocycles. The third-order valence-electron chi connectivity index (χ3n) is 2.75. The van der Waals surface area contributed by atoms with E-state index in [-0.39, 0.29) is 0 Å². The van der Waals surface area contributed by atoms with E-state index in [4.69, 9.17) is 4.74 Å². The van der Waals surface area contributed by atoms with Crippen molar-refractivity contribution >= 4 is 0 Å². The molecule has 0 N–H and O–H groups in total. The molecular formula is C17H12NO. The second-order valence-corrected chi connectivity index (χ2v) is 4.09. The van der Waals surface area contributed by atoms with Gasteiger partial charge in [-0.15, -0.1) is 0 Å². The molecule has 0 amide bonds. The molecule has 0 saturated carbocycles. The van der Waals surface area contributed by atoms with Crippen LogP contribution in [0.15, 0.2) is 73.1 Å². The van der Waals surface area contributed by atoms with Gasteiger partial charge in [0.2, 0.25) is 0 Å².